The number of pyridine rings is 2. The summed E-state index contributed by atoms with van der Waals surface area (Å²) in [4.78, 5) is 9.32. The first kappa shape index (κ1) is 27.3. The first-order valence-corrected chi connectivity index (χ1v) is 16.3. The van der Waals surface area contributed by atoms with E-state index in [1.54, 1.807) is 12.4 Å². The fourth-order valence-electron chi connectivity index (χ4n) is 7.57. The number of ether oxygens (including phenoxy) is 1. The second-order valence-electron chi connectivity index (χ2n) is 12.4. The van der Waals surface area contributed by atoms with Crippen LogP contribution in [0.2, 0.25) is 0 Å². The third-order valence-corrected chi connectivity index (χ3v) is 9.81. The number of nitrogens with zero attached hydrogens (tertiary/aromatic N) is 3. The SMILES string of the molecule is N#Cc1ccc2c3c(cccc13)Oc1cc(-c3cc4c5ccccc5c(-c5cccc(-c6ccncc6)n5)cc4c4ccccc34)ccc1-2. The number of fused-ring (bicyclic) bond motifs is 7. The average molecular weight is 624 g/mol. The van der Waals surface area contributed by atoms with Gasteiger partial charge in [0.2, 0.25) is 0 Å². The smallest absolute Gasteiger partial charge is 0.135 e. The van der Waals surface area contributed by atoms with Crippen LogP contribution < -0.4 is 4.74 Å². The second-order valence-corrected chi connectivity index (χ2v) is 12.4. The summed E-state index contributed by atoms with van der Waals surface area (Å²) in [6, 6.07) is 50.9. The molecule has 0 fully saturated rings. The molecule has 0 atom stereocenters. The second kappa shape index (κ2) is 10.6. The van der Waals surface area contributed by atoms with E-state index in [9.17, 15) is 5.26 Å². The van der Waals surface area contributed by atoms with Crippen LogP contribution in [0, 0.1) is 11.3 Å². The third kappa shape index (κ3) is 4.16. The van der Waals surface area contributed by atoms with Crippen molar-refractivity contribution in [1.82, 2.24) is 9.97 Å². The van der Waals surface area contributed by atoms with E-state index in [1.165, 1.54) is 26.9 Å². The largest absolute Gasteiger partial charge is 0.456 e. The Morgan fingerprint density at radius 3 is 1.88 bits per heavy atom. The first-order chi connectivity index (χ1) is 24.2. The summed E-state index contributed by atoms with van der Waals surface area (Å²) < 4.78 is 6.57. The lowest BCUT2D eigenvalue weighted by Crippen LogP contribution is -1.98. The maximum Gasteiger partial charge on any atom is 0.135 e. The van der Waals surface area contributed by atoms with Crippen LogP contribution in [0.15, 0.2) is 152 Å². The van der Waals surface area contributed by atoms with Gasteiger partial charge in [0.25, 0.3) is 0 Å². The normalized spacial score (nSPS) is 11.8. The standard InChI is InChI=1S/C45H25N3O/c46-26-29-16-18-36-35-17-15-28(23-44(35)49-43-14-5-11-30(29)45(36)43)37-24-38-33-9-3-4-10-34(33)40(25-39(38)32-8-2-1-7-31(32)37)42-13-6-12-41(48-42)27-19-21-47-22-20-27/h1-25H. The van der Waals surface area contributed by atoms with Gasteiger partial charge in [0.1, 0.15) is 11.5 Å². The minimum Gasteiger partial charge on any atom is -0.456 e. The molecule has 9 aromatic rings. The highest BCUT2D eigenvalue weighted by molar-refractivity contribution is 6.23. The highest BCUT2D eigenvalue weighted by Crippen LogP contribution is 2.49. The minimum atomic E-state index is 0.652. The molecule has 3 heterocycles. The Morgan fingerprint density at radius 1 is 0.449 bits per heavy atom. The van der Waals surface area contributed by atoms with Crippen LogP contribution in [-0.4, -0.2) is 9.97 Å². The molecule has 0 saturated carbocycles. The molecule has 0 N–H and O–H groups in total. The highest BCUT2D eigenvalue weighted by Gasteiger charge is 2.23. The Hall–Kier alpha value is -6.83. The predicted molar refractivity (Wildman–Crippen MR) is 199 cm³/mol. The van der Waals surface area contributed by atoms with Crippen LogP contribution in [0.4, 0.5) is 0 Å². The predicted octanol–water partition coefficient (Wildman–Crippen LogP) is 11.7. The fourth-order valence-corrected chi connectivity index (χ4v) is 7.57. The van der Waals surface area contributed by atoms with E-state index in [0.717, 1.165) is 72.4 Å². The lowest BCUT2D eigenvalue weighted by molar-refractivity contribution is 0.487. The zero-order valence-corrected chi connectivity index (χ0v) is 26.2. The number of benzene rings is 7. The van der Waals surface area contributed by atoms with Crippen molar-refractivity contribution in [1.29, 1.82) is 5.26 Å². The molecule has 2 aromatic heterocycles. The van der Waals surface area contributed by atoms with E-state index in [0.29, 0.717) is 5.56 Å². The summed E-state index contributed by atoms with van der Waals surface area (Å²) in [7, 11) is 0. The Morgan fingerprint density at radius 2 is 1.10 bits per heavy atom. The van der Waals surface area contributed by atoms with Gasteiger partial charge in [-0.3, -0.25) is 4.98 Å². The lowest BCUT2D eigenvalue weighted by Gasteiger charge is -2.23. The maximum absolute atomic E-state index is 9.73. The van der Waals surface area contributed by atoms with Crippen molar-refractivity contribution < 1.29 is 4.74 Å². The van der Waals surface area contributed by atoms with Crippen LogP contribution in [0.25, 0.3) is 87.9 Å². The van der Waals surface area contributed by atoms with Gasteiger partial charge >= 0.3 is 0 Å². The summed E-state index contributed by atoms with van der Waals surface area (Å²) in [6.45, 7) is 0. The summed E-state index contributed by atoms with van der Waals surface area (Å²) in [5.41, 5.74) is 8.99. The van der Waals surface area contributed by atoms with Crippen LogP contribution >= 0.6 is 0 Å². The van der Waals surface area contributed by atoms with E-state index >= 15 is 0 Å². The molecule has 0 unspecified atom stereocenters. The van der Waals surface area contributed by atoms with Crippen molar-refractivity contribution in [3.63, 3.8) is 0 Å². The van der Waals surface area contributed by atoms with Crippen molar-refractivity contribution in [2.75, 3.05) is 0 Å². The Kier molecular flexibility index (Phi) is 5.90. The number of hydrogen-bond acceptors (Lipinski definition) is 4. The van der Waals surface area contributed by atoms with E-state index in [2.05, 4.69) is 108 Å². The van der Waals surface area contributed by atoms with Crippen LogP contribution in [0.3, 0.4) is 0 Å². The molecule has 49 heavy (non-hydrogen) atoms. The van der Waals surface area contributed by atoms with E-state index in [1.807, 2.05) is 42.5 Å². The molecule has 0 spiro atoms. The van der Waals surface area contributed by atoms with Gasteiger partial charge in [-0.05, 0) is 110 Å². The van der Waals surface area contributed by atoms with Crippen molar-refractivity contribution in [2.45, 2.75) is 0 Å². The quantitative estimate of drug-likeness (QED) is 0.184. The topological polar surface area (TPSA) is 58.8 Å². The molecule has 1 aliphatic rings. The van der Waals surface area contributed by atoms with Gasteiger partial charge in [-0.2, -0.15) is 5.26 Å². The first-order valence-electron chi connectivity index (χ1n) is 16.3. The van der Waals surface area contributed by atoms with Gasteiger partial charge in [0, 0.05) is 39.9 Å². The summed E-state index contributed by atoms with van der Waals surface area (Å²) in [6.07, 6.45) is 3.61. The molecule has 0 amide bonds. The van der Waals surface area contributed by atoms with E-state index in [4.69, 9.17) is 9.72 Å². The number of aromatic nitrogens is 2. The molecule has 0 radical (unpaired) electrons. The molecule has 0 aliphatic carbocycles. The van der Waals surface area contributed by atoms with Crippen LogP contribution in [0.1, 0.15) is 5.56 Å². The third-order valence-electron chi connectivity index (χ3n) is 9.81. The molecule has 226 valence electrons. The van der Waals surface area contributed by atoms with Crippen molar-refractivity contribution in [3.05, 3.63) is 157 Å². The van der Waals surface area contributed by atoms with Gasteiger partial charge in [-0.15, -0.1) is 0 Å². The number of rotatable bonds is 3. The van der Waals surface area contributed by atoms with E-state index in [-0.39, 0.29) is 0 Å². The number of nitriles is 1. The van der Waals surface area contributed by atoms with Crippen molar-refractivity contribution in [2.24, 2.45) is 0 Å². The summed E-state index contributed by atoms with van der Waals surface area (Å²) >= 11 is 0. The minimum absolute atomic E-state index is 0.652. The van der Waals surface area contributed by atoms with E-state index < -0.39 is 0 Å². The molecule has 7 aromatic carbocycles. The molecule has 4 heteroatoms. The fraction of sp³-hybridized carbons (Fsp3) is 0. The van der Waals surface area contributed by atoms with Crippen LogP contribution in [0.5, 0.6) is 11.5 Å². The van der Waals surface area contributed by atoms with Gasteiger partial charge in [0.05, 0.1) is 23.0 Å². The molecular formula is C45H25N3O. The Bertz CT molecular complexity index is 2870. The van der Waals surface area contributed by atoms with Gasteiger partial charge in [0.15, 0.2) is 0 Å². The molecule has 10 rings (SSSR count). The Labute approximate surface area is 282 Å². The monoisotopic (exact) mass is 623 g/mol. The summed E-state index contributed by atoms with van der Waals surface area (Å²) in [5.74, 6) is 1.59. The van der Waals surface area contributed by atoms with Gasteiger partial charge in [-0.25, -0.2) is 4.98 Å². The molecule has 0 bridgehead atoms. The highest BCUT2D eigenvalue weighted by atomic mass is 16.5. The van der Waals surface area contributed by atoms with Gasteiger partial charge < -0.3 is 4.74 Å². The average Bonchev–Trinajstić information content (AvgIpc) is 3.17. The zero-order valence-electron chi connectivity index (χ0n) is 26.2. The number of hydrogen-bond donors (Lipinski definition) is 0. The molecule has 4 nitrogen and oxygen atoms in total. The van der Waals surface area contributed by atoms with Gasteiger partial charge in [-0.1, -0.05) is 78.9 Å². The lowest BCUT2D eigenvalue weighted by atomic mass is 9.87. The Balaban J connectivity index is 1.19. The zero-order chi connectivity index (χ0) is 32.5. The molecule has 1 aliphatic heterocycles. The van der Waals surface area contributed by atoms with Crippen molar-refractivity contribution in [3.8, 4) is 62.3 Å². The molecule has 0 saturated heterocycles. The van der Waals surface area contributed by atoms with Crippen molar-refractivity contribution >= 4 is 43.1 Å². The molecular weight excluding hydrogens is 599 g/mol. The maximum atomic E-state index is 9.73. The summed E-state index contributed by atoms with van der Waals surface area (Å²) in [5, 5.41) is 18.7. The van der Waals surface area contributed by atoms with Crippen LogP contribution in [-0.2, 0) is 0 Å².